The van der Waals surface area contributed by atoms with Gasteiger partial charge in [0.2, 0.25) is 0 Å². The molecule has 29 heavy (non-hydrogen) atoms. The lowest BCUT2D eigenvalue weighted by Crippen LogP contribution is -2.20. The average molecular weight is 453 g/mol. The normalized spacial score (nSPS) is 10.3. The molecule has 0 radical (unpaired) electrons. The molecule has 0 heterocycles. The van der Waals surface area contributed by atoms with Crippen molar-refractivity contribution in [3.8, 4) is 5.75 Å². The van der Waals surface area contributed by atoms with Gasteiger partial charge >= 0.3 is 0 Å². The second kappa shape index (κ2) is 9.39. The summed E-state index contributed by atoms with van der Waals surface area (Å²) >= 11 is 3.47. The fraction of sp³-hybridized carbons (Fsp3) is 0.130. The maximum Gasteiger partial charge on any atom is 0.262 e. The molecule has 0 saturated heterocycles. The van der Waals surface area contributed by atoms with Crippen LogP contribution in [0.3, 0.4) is 0 Å². The monoisotopic (exact) mass is 452 g/mol. The molecule has 0 fully saturated rings. The molecule has 0 spiro atoms. The largest absolute Gasteiger partial charge is 0.482 e. The van der Waals surface area contributed by atoms with Crippen molar-refractivity contribution in [1.82, 2.24) is 0 Å². The van der Waals surface area contributed by atoms with Crippen molar-refractivity contribution in [3.05, 3.63) is 87.9 Å². The second-order valence-corrected chi connectivity index (χ2v) is 7.48. The predicted octanol–water partition coefficient (Wildman–Crippen LogP) is 5.34. The van der Waals surface area contributed by atoms with Gasteiger partial charge in [0, 0.05) is 16.9 Å². The van der Waals surface area contributed by atoms with Gasteiger partial charge in [0.25, 0.3) is 11.8 Å². The number of rotatable bonds is 6. The molecule has 148 valence electrons. The lowest BCUT2D eigenvalue weighted by Gasteiger charge is -2.12. The maximum absolute atomic E-state index is 12.2. The van der Waals surface area contributed by atoms with Crippen molar-refractivity contribution in [2.75, 3.05) is 17.2 Å². The summed E-state index contributed by atoms with van der Waals surface area (Å²) < 4.78 is 6.49. The Labute approximate surface area is 178 Å². The molecule has 6 heteroatoms. The molecule has 0 aliphatic heterocycles. The number of carbonyl (C=O) groups is 2. The van der Waals surface area contributed by atoms with Gasteiger partial charge in [-0.3, -0.25) is 9.59 Å². The van der Waals surface area contributed by atoms with Crippen LogP contribution in [-0.4, -0.2) is 18.4 Å². The molecule has 2 amide bonds. The Morgan fingerprint density at radius 2 is 1.52 bits per heavy atom. The summed E-state index contributed by atoms with van der Waals surface area (Å²) in [6.07, 6.45) is 0. The van der Waals surface area contributed by atoms with E-state index < -0.39 is 0 Å². The minimum atomic E-state index is -0.266. The highest BCUT2D eigenvalue weighted by Crippen LogP contribution is 2.30. The quantitative estimate of drug-likeness (QED) is 0.530. The Bertz CT molecular complexity index is 995. The van der Waals surface area contributed by atoms with Crippen molar-refractivity contribution in [3.63, 3.8) is 0 Å². The van der Waals surface area contributed by atoms with Gasteiger partial charge in [-0.1, -0.05) is 24.3 Å². The Morgan fingerprint density at radius 1 is 0.897 bits per heavy atom. The molecule has 0 bridgehead atoms. The Balaban J connectivity index is 1.54. The third kappa shape index (κ3) is 5.68. The summed E-state index contributed by atoms with van der Waals surface area (Å²) in [5.74, 6) is 0.206. The SMILES string of the molecule is Cc1cc(C)c(OCC(=O)Nc2ccc(NC(=O)c3ccccc3)cc2)c(Br)c1. The van der Waals surface area contributed by atoms with Gasteiger partial charge < -0.3 is 15.4 Å². The smallest absolute Gasteiger partial charge is 0.262 e. The van der Waals surface area contributed by atoms with Gasteiger partial charge in [-0.2, -0.15) is 0 Å². The molecule has 0 aliphatic rings. The highest BCUT2D eigenvalue weighted by atomic mass is 79.9. The molecule has 3 rings (SSSR count). The highest BCUT2D eigenvalue weighted by Gasteiger charge is 2.10. The van der Waals surface area contributed by atoms with E-state index in [0.717, 1.165) is 15.6 Å². The number of hydrogen-bond donors (Lipinski definition) is 2. The predicted molar refractivity (Wildman–Crippen MR) is 119 cm³/mol. The van der Waals surface area contributed by atoms with E-state index in [-0.39, 0.29) is 18.4 Å². The van der Waals surface area contributed by atoms with Gasteiger partial charge in [-0.15, -0.1) is 0 Å². The number of hydrogen-bond acceptors (Lipinski definition) is 3. The maximum atomic E-state index is 12.2. The topological polar surface area (TPSA) is 67.4 Å². The van der Waals surface area contributed by atoms with Crippen molar-refractivity contribution in [2.45, 2.75) is 13.8 Å². The van der Waals surface area contributed by atoms with E-state index in [9.17, 15) is 9.59 Å². The third-order valence-electron chi connectivity index (χ3n) is 4.18. The fourth-order valence-corrected chi connectivity index (χ4v) is 3.64. The van der Waals surface area contributed by atoms with Crippen LogP contribution in [0.15, 0.2) is 71.2 Å². The van der Waals surface area contributed by atoms with Crippen molar-refractivity contribution in [1.29, 1.82) is 0 Å². The fourth-order valence-electron chi connectivity index (χ4n) is 2.85. The number of aryl methyl sites for hydroxylation is 2. The van der Waals surface area contributed by atoms with Crippen LogP contribution >= 0.6 is 15.9 Å². The highest BCUT2D eigenvalue weighted by molar-refractivity contribution is 9.10. The van der Waals surface area contributed by atoms with Crippen LogP contribution in [0.4, 0.5) is 11.4 Å². The minimum absolute atomic E-state index is 0.102. The van der Waals surface area contributed by atoms with Gasteiger partial charge in [-0.05, 0) is 83.4 Å². The number of halogens is 1. The van der Waals surface area contributed by atoms with Gasteiger partial charge in [0.05, 0.1) is 4.47 Å². The summed E-state index contributed by atoms with van der Waals surface area (Å²) in [5, 5.41) is 5.60. The first kappa shape index (κ1) is 20.6. The first-order valence-electron chi connectivity index (χ1n) is 9.08. The zero-order valence-electron chi connectivity index (χ0n) is 16.2. The summed E-state index contributed by atoms with van der Waals surface area (Å²) in [6, 6.07) is 19.8. The van der Waals surface area contributed by atoms with E-state index in [1.54, 1.807) is 36.4 Å². The van der Waals surface area contributed by atoms with Crippen LogP contribution in [-0.2, 0) is 4.79 Å². The lowest BCUT2D eigenvalue weighted by atomic mass is 10.1. The standard InChI is InChI=1S/C23H21BrN2O3/c1-15-12-16(2)22(20(24)13-15)29-14-21(27)25-18-8-10-19(11-9-18)26-23(28)17-6-4-3-5-7-17/h3-13H,14H2,1-2H3,(H,25,27)(H,26,28). The van der Waals surface area contributed by atoms with E-state index in [1.807, 2.05) is 44.2 Å². The first-order chi connectivity index (χ1) is 13.9. The van der Waals surface area contributed by atoms with E-state index in [1.165, 1.54) is 0 Å². The molecule has 0 unspecified atom stereocenters. The van der Waals surface area contributed by atoms with E-state index in [2.05, 4.69) is 26.6 Å². The van der Waals surface area contributed by atoms with E-state index >= 15 is 0 Å². The molecule has 0 aromatic heterocycles. The number of anilines is 2. The molecule has 5 nitrogen and oxygen atoms in total. The van der Waals surface area contributed by atoms with Crippen LogP contribution < -0.4 is 15.4 Å². The van der Waals surface area contributed by atoms with Crippen molar-refractivity contribution < 1.29 is 14.3 Å². The van der Waals surface area contributed by atoms with Gasteiger partial charge in [0.15, 0.2) is 6.61 Å². The summed E-state index contributed by atoms with van der Waals surface area (Å²) in [6.45, 7) is 3.84. The number of ether oxygens (including phenoxy) is 1. The van der Waals surface area contributed by atoms with Crippen LogP contribution in [0, 0.1) is 13.8 Å². The van der Waals surface area contributed by atoms with Gasteiger partial charge in [0.1, 0.15) is 5.75 Å². The Kier molecular flexibility index (Phi) is 6.67. The summed E-state index contributed by atoms with van der Waals surface area (Å²) in [5.41, 5.74) is 3.93. The summed E-state index contributed by atoms with van der Waals surface area (Å²) in [7, 11) is 0. The number of benzene rings is 3. The number of carbonyl (C=O) groups excluding carboxylic acids is 2. The molecular weight excluding hydrogens is 432 g/mol. The Morgan fingerprint density at radius 3 is 2.14 bits per heavy atom. The minimum Gasteiger partial charge on any atom is -0.482 e. The molecule has 0 aliphatic carbocycles. The molecule has 3 aromatic rings. The van der Waals surface area contributed by atoms with Crippen LogP contribution in [0.1, 0.15) is 21.5 Å². The van der Waals surface area contributed by atoms with Crippen LogP contribution in [0.5, 0.6) is 5.75 Å². The zero-order valence-corrected chi connectivity index (χ0v) is 17.7. The number of amides is 2. The molecular formula is C23H21BrN2O3. The zero-order chi connectivity index (χ0) is 20.8. The number of nitrogens with one attached hydrogen (secondary N) is 2. The third-order valence-corrected chi connectivity index (χ3v) is 4.77. The van der Waals surface area contributed by atoms with Gasteiger partial charge in [-0.25, -0.2) is 0 Å². The second-order valence-electron chi connectivity index (χ2n) is 6.63. The lowest BCUT2D eigenvalue weighted by molar-refractivity contribution is -0.118. The van der Waals surface area contributed by atoms with E-state index in [4.69, 9.17) is 4.74 Å². The van der Waals surface area contributed by atoms with E-state index in [0.29, 0.717) is 22.7 Å². The molecule has 3 aromatic carbocycles. The Hall–Kier alpha value is -3.12. The molecule has 0 saturated carbocycles. The average Bonchev–Trinajstić information content (AvgIpc) is 2.69. The van der Waals surface area contributed by atoms with Crippen LogP contribution in [0.2, 0.25) is 0 Å². The van der Waals surface area contributed by atoms with Crippen molar-refractivity contribution >= 4 is 39.1 Å². The summed E-state index contributed by atoms with van der Waals surface area (Å²) in [4.78, 5) is 24.4. The van der Waals surface area contributed by atoms with Crippen molar-refractivity contribution in [2.24, 2.45) is 0 Å². The first-order valence-corrected chi connectivity index (χ1v) is 9.87. The van der Waals surface area contributed by atoms with Crippen LogP contribution in [0.25, 0.3) is 0 Å². The molecule has 2 N–H and O–H groups in total. The molecule has 0 atom stereocenters.